The zero-order valence-electron chi connectivity index (χ0n) is 16.8. The number of amidine groups is 1. The molecule has 4 heterocycles. The highest BCUT2D eigenvalue weighted by molar-refractivity contribution is 6.38. The summed E-state index contributed by atoms with van der Waals surface area (Å²) in [5.74, 6) is -0.396. The summed E-state index contributed by atoms with van der Waals surface area (Å²) in [6.07, 6.45) is 5.56. The first-order valence-electron chi connectivity index (χ1n) is 10.3. The molecule has 1 spiro atoms. The van der Waals surface area contributed by atoms with Gasteiger partial charge in [0, 0.05) is 38.9 Å². The number of amides is 1. The zero-order valence-corrected chi connectivity index (χ0v) is 16.8. The Labute approximate surface area is 169 Å². The molecule has 0 aromatic carbocycles. The molecule has 1 fully saturated rings. The van der Waals surface area contributed by atoms with Gasteiger partial charge in [-0.2, -0.15) is 5.10 Å². The first-order valence-corrected chi connectivity index (χ1v) is 10.3. The van der Waals surface area contributed by atoms with Crippen LogP contribution in [-0.4, -0.2) is 66.6 Å². The molecule has 0 saturated carbocycles. The van der Waals surface area contributed by atoms with Gasteiger partial charge in [-0.25, -0.2) is 9.79 Å². The summed E-state index contributed by atoms with van der Waals surface area (Å²) < 4.78 is 12.8. The maximum absolute atomic E-state index is 12.8. The van der Waals surface area contributed by atoms with Gasteiger partial charge < -0.3 is 14.8 Å². The van der Waals surface area contributed by atoms with Crippen LogP contribution in [0.25, 0.3) is 0 Å². The van der Waals surface area contributed by atoms with Gasteiger partial charge in [0.05, 0.1) is 30.1 Å². The van der Waals surface area contributed by atoms with E-state index in [4.69, 9.17) is 14.6 Å². The Morgan fingerprint density at radius 3 is 2.93 bits per heavy atom. The monoisotopic (exact) mass is 401 g/mol. The third-order valence-electron chi connectivity index (χ3n) is 5.88. The van der Waals surface area contributed by atoms with Crippen LogP contribution in [0.1, 0.15) is 47.9 Å². The molecule has 3 aliphatic heterocycles. The molecule has 9 heteroatoms. The molecule has 0 aliphatic carbocycles. The van der Waals surface area contributed by atoms with E-state index in [-0.39, 0.29) is 23.8 Å². The average Bonchev–Trinajstić information content (AvgIpc) is 3.36. The molecule has 1 saturated heterocycles. The number of aromatic nitrogens is 2. The maximum Gasteiger partial charge on any atom is 0.375 e. The Kier molecular flexibility index (Phi) is 5.75. The Balaban J connectivity index is 1.47. The second-order valence-corrected chi connectivity index (χ2v) is 7.78. The van der Waals surface area contributed by atoms with E-state index in [0.717, 1.165) is 49.4 Å². The van der Waals surface area contributed by atoms with Crippen LogP contribution >= 0.6 is 0 Å². The molecule has 0 radical (unpaired) electrons. The van der Waals surface area contributed by atoms with Crippen molar-refractivity contribution in [3.8, 4) is 0 Å². The van der Waals surface area contributed by atoms with E-state index < -0.39 is 5.97 Å². The van der Waals surface area contributed by atoms with Gasteiger partial charge in [0.1, 0.15) is 0 Å². The first kappa shape index (κ1) is 19.8. The van der Waals surface area contributed by atoms with Gasteiger partial charge in [-0.1, -0.05) is 6.92 Å². The summed E-state index contributed by atoms with van der Waals surface area (Å²) in [6.45, 7) is 5.41. The number of ether oxygens (including phenoxy) is 2. The first-order chi connectivity index (χ1) is 14.1. The standard InChI is InChI=1S/C20H27N5O4/c1-2-14-16-15(12-20(13-23-18(16)26)4-10-28-11-5-20)25(24-14)8-3-9-29-19(27)17-21-6-7-22-17/h6H,2-5,7-13H2,1H3,(H,23,26). The van der Waals surface area contributed by atoms with Crippen molar-refractivity contribution in [3.63, 3.8) is 0 Å². The minimum Gasteiger partial charge on any atom is -0.460 e. The summed E-state index contributed by atoms with van der Waals surface area (Å²) >= 11 is 0. The molecule has 1 N–H and O–H groups in total. The molecule has 0 bridgehead atoms. The Hall–Kier alpha value is -2.55. The molecular weight excluding hydrogens is 374 g/mol. The highest BCUT2D eigenvalue weighted by atomic mass is 16.5. The van der Waals surface area contributed by atoms with Crippen molar-refractivity contribution in [2.24, 2.45) is 15.4 Å². The predicted molar refractivity (Wildman–Crippen MR) is 106 cm³/mol. The third kappa shape index (κ3) is 4.10. The number of fused-ring (bicyclic) bond motifs is 1. The fourth-order valence-electron chi connectivity index (χ4n) is 4.21. The Bertz CT molecular complexity index is 851. The number of nitrogens with zero attached hydrogens (tertiary/aromatic N) is 4. The van der Waals surface area contributed by atoms with E-state index in [1.54, 1.807) is 6.21 Å². The summed E-state index contributed by atoms with van der Waals surface area (Å²) in [5.41, 5.74) is 2.57. The number of esters is 1. The van der Waals surface area contributed by atoms with Crippen molar-refractivity contribution in [3.05, 3.63) is 17.0 Å². The molecule has 9 nitrogen and oxygen atoms in total. The molecule has 29 heavy (non-hydrogen) atoms. The van der Waals surface area contributed by atoms with Crippen LogP contribution < -0.4 is 5.32 Å². The topological polar surface area (TPSA) is 107 Å². The molecular formula is C20H27N5O4. The maximum atomic E-state index is 12.8. The van der Waals surface area contributed by atoms with E-state index in [9.17, 15) is 9.59 Å². The van der Waals surface area contributed by atoms with Crippen LogP contribution in [0, 0.1) is 5.41 Å². The van der Waals surface area contributed by atoms with Crippen LogP contribution in [0.5, 0.6) is 0 Å². The van der Waals surface area contributed by atoms with Crippen LogP contribution in [0.4, 0.5) is 0 Å². The van der Waals surface area contributed by atoms with Gasteiger partial charge in [0.2, 0.25) is 5.84 Å². The molecule has 1 aromatic heterocycles. The van der Waals surface area contributed by atoms with Crippen molar-refractivity contribution in [1.29, 1.82) is 0 Å². The lowest BCUT2D eigenvalue weighted by Gasteiger charge is -2.36. The Morgan fingerprint density at radius 1 is 1.38 bits per heavy atom. The van der Waals surface area contributed by atoms with Crippen molar-refractivity contribution in [2.75, 3.05) is 32.9 Å². The van der Waals surface area contributed by atoms with Crippen LogP contribution in [-0.2, 0) is 33.7 Å². The number of aliphatic imine (C=N–C) groups is 2. The highest BCUT2D eigenvalue weighted by Crippen LogP contribution is 2.37. The van der Waals surface area contributed by atoms with Gasteiger partial charge in [-0.3, -0.25) is 14.5 Å². The number of carbonyl (C=O) groups is 2. The lowest BCUT2D eigenvalue weighted by atomic mass is 9.76. The predicted octanol–water partition coefficient (Wildman–Crippen LogP) is 0.944. The normalized spacial score (nSPS) is 20.2. The van der Waals surface area contributed by atoms with Gasteiger partial charge in [-0.05, 0) is 31.1 Å². The number of rotatable bonds is 6. The highest BCUT2D eigenvalue weighted by Gasteiger charge is 2.39. The number of nitrogens with one attached hydrogen (secondary N) is 1. The minimum atomic E-state index is -0.493. The molecule has 1 amide bonds. The third-order valence-corrected chi connectivity index (χ3v) is 5.88. The van der Waals surface area contributed by atoms with Gasteiger partial charge in [0.25, 0.3) is 5.91 Å². The van der Waals surface area contributed by atoms with Gasteiger partial charge in [0.15, 0.2) is 0 Å². The van der Waals surface area contributed by atoms with E-state index in [1.165, 1.54) is 0 Å². The van der Waals surface area contributed by atoms with Gasteiger partial charge in [-0.15, -0.1) is 0 Å². The van der Waals surface area contributed by atoms with E-state index in [1.807, 2.05) is 11.6 Å². The smallest absolute Gasteiger partial charge is 0.375 e. The minimum absolute atomic E-state index is 0.0209. The van der Waals surface area contributed by atoms with Gasteiger partial charge >= 0.3 is 5.97 Å². The van der Waals surface area contributed by atoms with Crippen LogP contribution in [0.2, 0.25) is 0 Å². The number of hydrogen-bond acceptors (Lipinski definition) is 7. The molecule has 4 rings (SSSR count). The van der Waals surface area contributed by atoms with Crippen LogP contribution in [0.3, 0.4) is 0 Å². The average molecular weight is 401 g/mol. The number of aryl methyl sites for hydroxylation is 2. The molecule has 3 aliphatic rings. The number of carbonyl (C=O) groups excluding carboxylic acids is 2. The van der Waals surface area contributed by atoms with E-state index >= 15 is 0 Å². The molecule has 156 valence electrons. The quantitative estimate of drug-likeness (QED) is 0.564. The SMILES string of the molecule is CCc1nn(CCCOC(=O)C2=NCC=N2)c2c1C(=O)NCC1(CCOCC1)C2. The van der Waals surface area contributed by atoms with Crippen molar-refractivity contribution >= 4 is 23.9 Å². The summed E-state index contributed by atoms with van der Waals surface area (Å²) in [6, 6.07) is 0. The largest absolute Gasteiger partial charge is 0.460 e. The molecule has 0 atom stereocenters. The summed E-state index contributed by atoms with van der Waals surface area (Å²) in [4.78, 5) is 32.5. The Morgan fingerprint density at radius 2 is 2.21 bits per heavy atom. The summed E-state index contributed by atoms with van der Waals surface area (Å²) in [7, 11) is 0. The summed E-state index contributed by atoms with van der Waals surface area (Å²) in [5, 5.41) is 7.83. The van der Waals surface area contributed by atoms with Crippen LogP contribution in [0.15, 0.2) is 9.98 Å². The second kappa shape index (κ2) is 8.44. The number of hydrogen-bond donors (Lipinski definition) is 1. The molecule has 1 aromatic rings. The van der Waals surface area contributed by atoms with Crippen molar-refractivity contribution in [1.82, 2.24) is 15.1 Å². The zero-order chi connectivity index (χ0) is 20.3. The van der Waals surface area contributed by atoms with E-state index in [2.05, 4.69) is 15.3 Å². The second-order valence-electron chi connectivity index (χ2n) is 7.78. The fraction of sp³-hybridized carbons (Fsp3) is 0.650. The lowest BCUT2D eigenvalue weighted by molar-refractivity contribution is -0.135. The van der Waals surface area contributed by atoms with Crippen molar-refractivity contribution < 1.29 is 19.1 Å². The fourth-order valence-corrected chi connectivity index (χ4v) is 4.21. The van der Waals surface area contributed by atoms with E-state index in [0.29, 0.717) is 32.5 Å². The molecule has 0 unspecified atom stereocenters. The lowest BCUT2D eigenvalue weighted by Crippen LogP contribution is -2.40. The van der Waals surface area contributed by atoms with Crippen molar-refractivity contribution in [2.45, 2.75) is 45.6 Å².